The van der Waals surface area contributed by atoms with Gasteiger partial charge in [0.05, 0.1) is 37.6 Å². The first-order valence-corrected chi connectivity index (χ1v) is 9.18. The highest BCUT2D eigenvalue weighted by molar-refractivity contribution is 5.80. The van der Waals surface area contributed by atoms with Gasteiger partial charge in [0.2, 0.25) is 0 Å². The molecule has 2 fully saturated rings. The molecule has 2 aliphatic rings. The number of aliphatic hydroxyl groups is 1. The zero-order chi connectivity index (χ0) is 19.9. The summed E-state index contributed by atoms with van der Waals surface area (Å²) in [5.41, 5.74) is 0. The fraction of sp³-hybridized carbons (Fsp3) is 0.895. The number of aliphatic hydroxyl groups excluding tert-OH is 1. The van der Waals surface area contributed by atoms with Crippen molar-refractivity contribution in [1.82, 2.24) is 5.32 Å². The molecule has 0 aliphatic carbocycles. The van der Waals surface area contributed by atoms with E-state index in [2.05, 4.69) is 10.1 Å². The number of hydrogen-bond donors (Lipinski definition) is 3. The second kappa shape index (κ2) is 12.2. The number of aliphatic carboxylic acids is 1. The Hall–Kier alpha value is -1.38. The van der Waals surface area contributed by atoms with Crippen LogP contribution in [0.1, 0.15) is 60.8 Å². The zero-order valence-electron chi connectivity index (χ0n) is 16.3. The average molecular weight is 392 g/mol. The monoisotopic (exact) mass is 391 g/mol. The number of carbonyl (C=O) groups is 2. The first-order chi connectivity index (χ1) is 12.1. The van der Waals surface area contributed by atoms with Crippen LogP contribution in [-0.2, 0) is 19.0 Å². The predicted octanol–water partition coefficient (Wildman–Crippen LogP) is 2.57. The molecule has 1 amide bonds. The number of ether oxygens (including phenoxy) is 3. The van der Waals surface area contributed by atoms with E-state index < -0.39 is 18.1 Å². The zero-order valence-corrected chi connectivity index (χ0v) is 16.3. The maximum Gasteiger partial charge on any atom is 0.407 e. The summed E-state index contributed by atoms with van der Waals surface area (Å²) < 4.78 is 15.4. The van der Waals surface area contributed by atoms with Crippen molar-refractivity contribution in [3.8, 4) is 0 Å². The fourth-order valence-corrected chi connectivity index (χ4v) is 3.67. The van der Waals surface area contributed by atoms with Crippen molar-refractivity contribution in [2.24, 2.45) is 5.92 Å². The Morgan fingerprint density at radius 2 is 1.37 bits per heavy atom. The topological polar surface area (TPSA) is 114 Å². The number of nitrogens with one attached hydrogen (secondary N) is 1. The number of hydrogen-bond acceptors (Lipinski definition) is 6. The van der Waals surface area contributed by atoms with Crippen molar-refractivity contribution in [2.75, 3.05) is 7.11 Å². The number of carboxylic acids is 1. The maximum atomic E-state index is 11.2. The van der Waals surface area contributed by atoms with Gasteiger partial charge in [0.25, 0.3) is 0 Å². The molecule has 8 nitrogen and oxygen atoms in total. The fourth-order valence-electron chi connectivity index (χ4n) is 3.67. The summed E-state index contributed by atoms with van der Waals surface area (Å²) >= 11 is 0. The van der Waals surface area contributed by atoms with Crippen molar-refractivity contribution in [3.63, 3.8) is 0 Å². The molecule has 27 heavy (non-hydrogen) atoms. The van der Waals surface area contributed by atoms with Crippen molar-refractivity contribution in [1.29, 1.82) is 0 Å². The van der Waals surface area contributed by atoms with Gasteiger partial charge in [-0.05, 0) is 59.3 Å². The minimum absolute atomic E-state index is 0. The van der Waals surface area contributed by atoms with Crippen LogP contribution in [0.2, 0.25) is 0 Å². The molecule has 8 heteroatoms. The van der Waals surface area contributed by atoms with E-state index in [0.29, 0.717) is 12.8 Å². The molecule has 0 aromatic rings. The Morgan fingerprint density at radius 1 is 0.963 bits per heavy atom. The molecule has 0 spiro atoms. The molecule has 3 N–H and O–H groups in total. The van der Waals surface area contributed by atoms with Crippen LogP contribution in [0.3, 0.4) is 0 Å². The minimum atomic E-state index is -1.04. The summed E-state index contributed by atoms with van der Waals surface area (Å²) in [5.74, 6) is -1.17. The average Bonchev–Trinajstić information content (AvgIpc) is 2.50. The highest BCUT2D eigenvalue weighted by Gasteiger charge is 2.35. The van der Waals surface area contributed by atoms with Crippen LogP contribution in [0, 0.1) is 5.92 Å². The number of amides is 1. The molecule has 160 valence electrons. The summed E-state index contributed by atoms with van der Waals surface area (Å²) in [7, 11) is 1.21. The van der Waals surface area contributed by atoms with Crippen molar-refractivity contribution in [3.05, 3.63) is 0 Å². The van der Waals surface area contributed by atoms with E-state index in [1.807, 2.05) is 27.7 Å². The second-order valence-corrected chi connectivity index (χ2v) is 7.32. The Labute approximate surface area is 162 Å². The largest absolute Gasteiger partial charge is 0.480 e. The van der Waals surface area contributed by atoms with Gasteiger partial charge in [-0.25, -0.2) is 9.59 Å². The van der Waals surface area contributed by atoms with Gasteiger partial charge in [-0.15, -0.1) is 0 Å². The normalized spacial score (nSPS) is 34.1. The summed E-state index contributed by atoms with van der Waals surface area (Å²) in [4.78, 5) is 22.3. The molecule has 7 atom stereocenters. The van der Waals surface area contributed by atoms with Gasteiger partial charge in [-0.3, -0.25) is 0 Å². The molecule has 0 aromatic carbocycles. The highest BCUT2D eigenvalue weighted by Crippen LogP contribution is 2.27. The van der Waals surface area contributed by atoms with Crippen molar-refractivity contribution in [2.45, 2.75) is 97.4 Å². The van der Waals surface area contributed by atoms with Crippen LogP contribution in [0.25, 0.3) is 0 Å². The van der Waals surface area contributed by atoms with Gasteiger partial charge in [-0.1, -0.05) is 7.43 Å². The summed E-state index contributed by atoms with van der Waals surface area (Å²) in [5, 5.41) is 20.7. The summed E-state index contributed by atoms with van der Waals surface area (Å²) in [6.45, 7) is 7.80. The van der Waals surface area contributed by atoms with Crippen LogP contribution in [0.15, 0.2) is 0 Å². The van der Waals surface area contributed by atoms with Crippen LogP contribution in [0.5, 0.6) is 0 Å². The number of alkyl carbamates (subject to hydrolysis) is 1. The smallest absolute Gasteiger partial charge is 0.407 e. The second-order valence-electron chi connectivity index (χ2n) is 7.32. The van der Waals surface area contributed by atoms with Crippen LogP contribution in [0.4, 0.5) is 4.79 Å². The molecule has 0 aromatic heterocycles. The van der Waals surface area contributed by atoms with E-state index in [4.69, 9.17) is 14.6 Å². The van der Waals surface area contributed by atoms with Crippen LogP contribution < -0.4 is 5.32 Å². The third-order valence-electron chi connectivity index (χ3n) is 4.60. The van der Waals surface area contributed by atoms with Gasteiger partial charge in [0.15, 0.2) is 0 Å². The van der Waals surface area contributed by atoms with Crippen LogP contribution in [-0.4, -0.2) is 65.9 Å². The van der Waals surface area contributed by atoms with Gasteiger partial charge in [0, 0.05) is 0 Å². The summed E-state index contributed by atoms with van der Waals surface area (Å²) in [6, 6.07) is -0.920. The maximum absolute atomic E-state index is 11.2. The number of rotatable bonds is 3. The lowest BCUT2D eigenvalue weighted by molar-refractivity contribution is -0.143. The third kappa shape index (κ3) is 9.39. The quantitative estimate of drug-likeness (QED) is 0.677. The van der Waals surface area contributed by atoms with Crippen molar-refractivity contribution < 1.29 is 34.0 Å². The van der Waals surface area contributed by atoms with Gasteiger partial charge >= 0.3 is 12.1 Å². The molecule has 3 unspecified atom stereocenters. The van der Waals surface area contributed by atoms with Gasteiger partial charge in [0.1, 0.15) is 6.04 Å². The molecule has 2 saturated heterocycles. The number of carboxylic acid groups (broad SMARTS) is 1. The number of methoxy groups -OCH3 is 1. The first-order valence-electron chi connectivity index (χ1n) is 9.18. The first kappa shape index (κ1) is 25.6. The Morgan fingerprint density at radius 3 is 1.70 bits per heavy atom. The predicted molar refractivity (Wildman–Crippen MR) is 102 cm³/mol. The molecule has 0 radical (unpaired) electrons. The Kier molecular flexibility index (Phi) is 11.5. The third-order valence-corrected chi connectivity index (χ3v) is 4.60. The van der Waals surface area contributed by atoms with E-state index in [-0.39, 0.29) is 43.9 Å². The summed E-state index contributed by atoms with van der Waals surface area (Å²) in [6.07, 6.45) is 2.46. The Balaban J connectivity index is 0.000000572. The number of carbonyl (C=O) groups excluding carboxylic acids is 1. The molecule has 0 saturated carbocycles. The lowest BCUT2D eigenvalue weighted by Gasteiger charge is -2.35. The van der Waals surface area contributed by atoms with Crippen molar-refractivity contribution >= 4 is 12.1 Å². The SMILES string of the molecule is C.COC(=O)NC(C(=O)O)C1C[C@@H](C)O[C@@H](C)C1.C[C@@H]1CC(O)C[C@H](C)O1. The van der Waals surface area contributed by atoms with E-state index in [1.54, 1.807) is 0 Å². The lowest BCUT2D eigenvalue weighted by Crippen LogP contribution is -2.49. The molecular weight excluding hydrogens is 354 g/mol. The molecule has 0 bridgehead atoms. The molecule has 2 heterocycles. The van der Waals surface area contributed by atoms with Gasteiger partial charge in [-0.2, -0.15) is 0 Å². The molecular formula is C19H37NO7. The highest BCUT2D eigenvalue weighted by atomic mass is 16.5. The van der Waals surface area contributed by atoms with E-state index in [1.165, 1.54) is 7.11 Å². The minimum Gasteiger partial charge on any atom is -0.480 e. The van der Waals surface area contributed by atoms with Gasteiger partial charge < -0.3 is 29.7 Å². The standard InChI is InChI=1S/C11H19NO5.C7H14O2.CH4/c1-6-4-8(5-7(2)17-6)9(10(13)14)12-11(15)16-3;1-5-3-7(8)4-6(2)9-5;/h6-9H,4-5H2,1-3H3,(H,12,15)(H,13,14);5-8H,3-4H2,1-2H3;1H4/t6-,7+,8?,9?;5-,6+,7?;. The molecule has 2 rings (SSSR count). The van der Waals surface area contributed by atoms with E-state index in [9.17, 15) is 14.7 Å². The van der Waals surface area contributed by atoms with E-state index in [0.717, 1.165) is 12.8 Å². The lowest BCUT2D eigenvalue weighted by atomic mass is 9.86. The van der Waals surface area contributed by atoms with Crippen LogP contribution >= 0.6 is 0 Å². The molecule has 2 aliphatic heterocycles. The van der Waals surface area contributed by atoms with E-state index >= 15 is 0 Å². The Bertz CT molecular complexity index is 424.